The van der Waals surface area contributed by atoms with E-state index >= 15 is 0 Å². The van der Waals surface area contributed by atoms with Gasteiger partial charge in [0.05, 0.1) is 12.4 Å². The highest BCUT2D eigenvalue weighted by Gasteiger charge is 2.16. The van der Waals surface area contributed by atoms with Crippen LogP contribution >= 0.6 is 0 Å². The van der Waals surface area contributed by atoms with Crippen LogP contribution in [0, 0.1) is 0 Å². The Balaban J connectivity index is 1.56. The molecule has 0 unspecified atom stereocenters. The molecule has 0 saturated heterocycles. The van der Waals surface area contributed by atoms with Crippen LogP contribution in [0.5, 0.6) is 0 Å². The third-order valence-electron chi connectivity index (χ3n) is 5.26. The van der Waals surface area contributed by atoms with Gasteiger partial charge in [0.25, 0.3) is 0 Å². The molecule has 10 nitrogen and oxygen atoms in total. The highest BCUT2D eigenvalue weighted by Crippen LogP contribution is 2.32. The molecule has 5 aromatic rings. The molecule has 3 heterocycles. The normalized spacial score (nSPS) is 11.2. The van der Waals surface area contributed by atoms with E-state index in [1.165, 1.54) is 11.7 Å². The smallest absolute Gasteiger partial charge is 0.216 e. The van der Waals surface area contributed by atoms with Gasteiger partial charge in [0.15, 0.2) is 0 Å². The topological polar surface area (TPSA) is 126 Å². The van der Waals surface area contributed by atoms with E-state index in [1.54, 1.807) is 7.05 Å². The number of amides is 1. The van der Waals surface area contributed by atoms with Crippen LogP contribution in [0.4, 0.5) is 5.82 Å². The minimum atomic E-state index is -0.0633. The molecule has 0 bridgehead atoms. The molecular weight excluding hydrogens is 418 g/mol. The number of aromatic nitrogens is 7. The summed E-state index contributed by atoms with van der Waals surface area (Å²) in [5.74, 6) is 1.93. The largest absolute Gasteiger partial charge is 0.368 e. The molecule has 33 heavy (non-hydrogen) atoms. The number of carbonyl (C=O) groups excluding carboxylic acids is 1. The summed E-state index contributed by atoms with van der Waals surface area (Å²) in [5, 5.41) is 20.4. The van der Waals surface area contributed by atoms with Crippen LogP contribution in [0.2, 0.25) is 0 Å². The summed E-state index contributed by atoms with van der Waals surface area (Å²) >= 11 is 0. The summed E-state index contributed by atoms with van der Waals surface area (Å²) in [7, 11) is 1.74. The first kappa shape index (κ1) is 20.6. The number of anilines is 1. The van der Waals surface area contributed by atoms with Crippen molar-refractivity contribution in [3.63, 3.8) is 0 Å². The van der Waals surface area contributed by atoms with Crippen LogP contribution < -0.4 is 10.6 Å². The number of tetrazole rings is 1. The van der Waals surface area contributed by atoms with Gasteiger partial charge >= 0.3 is 0 Å². The average molecular weight is 441 g/mol. The molecular formula is C23H23N9O. The van der Waals surface area contributed by atoms with Gasteiger partial charge in [-0.15, -0.1) is 10.2 Å². The fourth-order valence-corrected chi connectivity index (χ4v) is 3.79. The summed E-state index contributed by atoms with van der Waals surface area (Å²) in [6.45, 7) is 2.55. The van der Waals surface area contributed by atoms with Crippen molar-refractivity contribution in [1.29, 1.82) is 0 Å². The zero-order valence-electron chi connectivity index (χ0n) is 18.3. The Morgan fingerprint density at radius 3 is 2.70 bits per heavy atom. The lowest BCUT2D eigenvalue weighted by molar-refractivity contribution is -0.118. The second-order valence-corrected chi connectivity index (χ2v) is 7.77. The molecule has 0 saturated carbocycles. The molecule has 3 aromatic heterocycles. The van der Waals surface area contributed by atoms with Crippen LogP contribution in [0.1, 0.15) is 18.3 Å². The standard InChI is InChI=1S/C23H23N9O/c1-14(33)24-10-11-25-22-20-17-9-8-16(21-29-31-32(2)30-21)13-18(17)26-23(20)28-19(27-22)12-15-6-4-3-5-7-15/h3-9,13H,10-12H2,1-2H3,(H,24,33)(H2,25,26,27,28). The summed E-state index contributed by atoms with van der Waals surface area (Å²) in [6.07, 6.45) is 0.612. The van der Waals surface area contributed by atoms with Gasteiger partial charge in [-0.05, 0) is 16.8 Å². The molecule has 10 heteroatoms. The highest BCUT2D eigenvalue weighted by atomic mass is 16.1. The Hall–Kier alpha value is -4.34. The SMILES string of the molecule is CC(=O)NCCNc1nc(Cc2ccccc2)nc2[nH]c3cc(-c4nnn(C)n4)ccc3c12. The zero-order chi connectivity index (χ0) is 22.8. The van der Waals surface area contributed by atoms with Gasteiger partial charge in [0.2, 0.25) is 11.7 Å². The molecule has 0 atom stereocenters. The molecule has 0 spiro atoms. The van der Waals surface area contributed by atoms with E-state index in [0.717, 1.165) is 38.9 Å². The first-order valence-electron chi connectivity index (χ1n) is 10.7. The van der Waals surface area contributed by atoms with Crippen molar-refractivity contribution >= 4 is 33.7 Å². The molecule has 0 radical (unpaired) electrons. The van der Waals surface area contributed by atoms with Crippen LogP contribution in [0.25, 0.3) is 33.3 Å². The summed E-state index contributed by atoms with van der Waals surface area (Å²) in [6, 6.07) is 16.1. The summed E-state index contributed by atoms with van der Waals surface area (Å²) in [5.41, 5.74) is 3.65. The minimum Gasteiger partial charge on any atom is -0.368 e. The number of nitrogens with one attached hydrogen (secondary N) is 3. The van der Waals surface area contributed by atoms with E-state index in [9.17, 15) is 4.79 Å². The van der Waals surface area contributed by atoms with Crippen molar-refractivity contribution in [3.8, 4) is 11.4 Å². The van der Waals surface area contributed by atoms with Gasteiger partial charge in [0.1, 0.15) is 17.3 Å². The van der Waals surface area contributed by atoms with E-state index in [0.29, 0.717) is 31.2 Å². The Bertz CT molecular complexity index is 1440. The number of H-pyrrole nitrogens is 1. The number of nitrogens with zero attached hydrogens (tertiary/aromatic N) is 6. The summed E-state index contributed by atoms with van der Waals surface area (Å²) < 4.78 is 0. The fraction of sp³-hybridized carbons (Fsp3) is 0.217. The van der Waals surface area contributed by atoms with Gasteiger partial charge in [-0.25, -0.2) is 9.97 Å². The second kappa shape index (κ2) is 8.65. The summed E-state index contributed by atoms with van der Waals surface area (Å²) in [4.78, 5) is 25.7. The maximum atomic E-state index is 11.2. The number of benzene rings is 2. The third kappa shape index (κ3) is 4.36. The first-order valence-corrected chi connectivity index (χ1v) is 10.7. The van der Waals surface area contributed by atoms with Crippen LogP contribution in [-0.4, -0.2) is 54.2 Å². The van der Waals surface area contributed by atoms with Crippen molar-refractivity contribution in [2.45, 2.75) is 13.3 Å². The van der Waals surface area contributed by atoms with E-state index in [-0.39, 0.29) is 5.91 Å². The Morgan fingerprint density at radius 2 is 1.94 bits per heavy atom. The van der Waals surface area contributed by atoms with Crippen LogP contribution in [0.3, 0.4) is 0 Å². The fourth-order valence-electron chi connectivity index (χ4n) is 3.79. The van der Waals surface area contributed by atoms with E-state index < -0.39 is 0 Å². The molecule has 5 rings (SSSR count). The number of fused-ring (bicyclic) bond motifs is 3. The van der Waals surface area contributed by atoms with Gasteiger partial charge in [-0.3, -0.25) is 4.79 Å². The zero-order valence-corrected chi connectivity index (χ0v) is 18.3. The number of hydrogen-bond acceptors (Lipinski definition) is 7. The van der Waals surface area contributed by atoms with Crippen molar-refractivity contribution in [1.82, 2.24) is 40.5 Å². The molecule has 3 N–H and O–H groups in total. The molecule has 0 fully saturated rings. The number of aromatic amines is 1. The minimum absolute atomic E-state index is 0.0633. The molecule has 1 amide bonds. The number of hydrogen-bond donors (Lipinski definition) is 3. The molecule has 166 valence electrons. The lowest BCUT2D eigenvalue weighted by Crippen LogP contribution is -2.26. The van der Waals surface area contributed by atoms with Gasteiger partial charge in [0, 0.05) is 42.9 Å². The maximum Gasteiger partial charge on any atom is 0.216 e. The molecule has 2 aromatic carbocycles. The predicted octanol–water partition coefficient (Wildman–Crippen LogP) is 2.44. The quantitative estimate of drug-likeness (QED) is 0.331. The number of rotatable bonds is 7. The Morgan fingerprint density at radius 1 is 1.09 bits per heavy atom. The molecule has 0 aliphatic heterocycles. The first-order chi connectivity index (χ1) is 16.1. The van der Waals surface area contributed by atoms with Gasteiger partial charge < -0.3 is 15.6 Å². The molecule has 0 aliphatic rings. The van der Waals surface area contributed by atoms with Crippen molar-refractivity contribution in [3.05, 3.63) is 59.9 Å². The third-order valence-corrected chi connectivity index (χ3v) is 5.26. The number of carbonyl (C=O) groups is 1. The van der Waals surface area contributed by atoms with Gasteiger partial charge in [-0.1, -0.05) is 42.5 Å². The van der Waals surface area contributed by atoms with E-state index in [4.69, 9.17) is 9.97 Å². The van der Waals surface area contributed by atoms with Crippen molar-refractivity contribution < 1.29 is 4.79 Å². The van der Waals surface area contributed by atoms with Crippen LogP contribution in [0.15, 0.2) is 48.5 Å². The van der Waals surface area contributed by atoms with Gasteiger partial charge in [-0.2, -0.15) is 4.80 Å². The van der Waals surface area contributed by atoms with Crippen LogP contribution in [-0.2, 0) is 18.3 Å². The van der Waals surface area contributed by atoms with E-state index in [1.807, 2.05) is 36.4 Å². The Labute approximate surface area is 189 Å². The molecule has 0 aliphatic carbocycles. The maximum absolute atomic E-state index is 11.2. The lowest BCUT2D eigenvalue weighted by atomic mass is 10.1. The predicted molar refractivity (Wildman–Crippen MR) is 126 cm³/mol. The van der Waals surface area contributed by atoms with Crippen molar-refractivity contribution in [2.75, 3.05) is 18.4 Å². The second-order valence-electron chi connectivity index (χ2n) is 7.77. The highest BCUT2D eigenvalue weighted by molar-refractivity contribution is 6.11. The average Bonchev–Trinajstić information content (AvgIpc) is 3.40. The number of aryl methyl sites for hydroxylation is 1. The van der Waals surface area contributed by atoms with Crippen molar-refractivity contribution in [2.24, 2.45) is 7.05 Å². The Kier molecular flexibility index (Phi) is 5.39. The monoisotopic (exact) mass is 441 g/mol. The van der Waals surface area contributed by atoms with E-state index in [2.05, 4.69) is 43.2 Å². The lowest BCUT2D eigenvalue weighted by Gasteiger charge is -2.10.